The first-order valence-corrected chi connectivity index (χ1v) is 6.46. The van der Waals surface area contributed by atoms with E-state index in [1.165, 1.54) is 5.56 Å². The summed E-state index contributed by atoms with van der Waals surface area (Å²) < 4.78 is 5.67. The Morgan fingerprint density at radius 1 is 1.28 bits per heavy atom. The maximum Gasteiger partial charge on any atom is 0.121 e. The molecule has 0 saturated carbocycles. The van der Waals surface area contributed by atoms with E-state index in [0.29, 0.717) is 0 Å². The van der Waals surface area contributed by atoms with Crippen LogP contribution in [0.3, 0.4) is 0 Å². The largest absolute Gasteiger partial charge is 0.488 e. The summed E-state index contributed by atoms with van der Waals surface area (Å²) in [6, 6.07) is 7.97. The number of aliphatic hydroxyl groups is 1. The Kier molecular flexibility index (Phi) is 5.17. The Morgan fingerprint density at radius 2 is 1.94 bits per heavy atom. The first kappa shape index (κ1) is 15.0. The zero-order valence-corrected chi connectivity index (χ0v) is 12.0. The molecule has 0 aliphatic carbocycles. The second-order valence-corrected chi connectivity index (χ2v) is 5.81. The van der Waals surface area contributed by atoms with Crippen LogP contribution in [0.4, 0.5) is 0 Å². The monoisotopic (exact) mass is 251 g/mol. The van der Waals surface area contributed by atoms with Gasteiger partial charge in [0, 0.05) is 12.1 Å². The maximum absolute atomic E-state index is 9.42. The first-order chi connectivity index (χ1) is 8.28. The van der Waals surface area contributed by atoms with E-state index in [-0.39, 0.29) is 11.6 Å². The highest BCUT2D eigenvalue weighted by Gasteiger charge is 2.11. The maximum atomic E-state index is 9.42. The van der Waals surface area contributed by atoms with Crippen LogP contribution in [0.5, 0.6) is 5.75 Å². The lowest BCUT2D eigenvalue weighted by Gasteiger charge is -2.21. The average Bonchev–Trinajstić information content (AvgIpc) is 2.26. The smallest absolute Gasteiger partial charge is 0.121 e. The zero-order chi connectivity index (χ0) is 13.8. The molecule has 1 aromatic rings. The summed E-state index contributed by atoms with van der Waals surface area (Å²) in [6.07, 6.45) is -0.669. The third kappa shape index (κ3) is 5.52. The Bertz CT molecular complexity index is 369. The van der Waals surface area contributed by atoms with Crippen molar-refractivity contribution in [3.8, 4) is 5.75 Å². The number of rotatable bonds is 5. The van der Waals surface area contributed by atoms with Crippen LogP contribution in [0, 0.1) is 0 Å². The summed E-state index contributed by atoms with van der Waals surface area (Å²) in [7, 11) is 0. The minimum absolute atomic E-state index is 0.101. The van der Waals surface area contributed by atoms with Gasteiger partial charge in [-0.25, -0.2) is 0 Å². The van der Waals surface area contributed by atoms with Crippen molar-refractivity contribution < 1.29 is 9.84 Å². The van der Waals surface area contributed by atoms with Crippen LogP contribution in [-0.4, -0.2) is 22.9 Å². The molecule has 3 nitrogen and oxygen atoms in total. The van der Waals surface area contributed by atoms with Gasteiger partial charge < -0.3 is 15.2 Å². The lowest BCUT2D eigenvalue weighted by molar-refractivity contribution is 0.0604. The predicted molar refractivity (Wildman–Crippen MR) is 74.8 cm³/mol. The van der Waals surface area contributed by atoms with Gasteiger partial charge in [-0.15, -0.1) is 0 Å². The number of aliphatic hydroxyl groups excluding tert-OH is 1. The predicted octanol–water partition coefficient (Wildman–Crippen LogP) is 2.72. The highest BCUT2D eigenvalue weighted by molar-refractivity contribution is 5.28. The lowest BCUT2D eigenvalue weighted by Crippen LogP contribution is -2.35. The molecule has 2 unspecified atom stereocenters. The number of hydrogen-bond donors (Lipinski definition) is 2. The van der Waals surface area contributed by atoms with Crippen LogP contribution in [0.25, 0.3) is 0 Å². The van der Waals surface area contributed by atoms with Crippen molar-refractivity contribution in [2.45, 2.75) is 58.9 Å². The minimum atomic E-state index is -0.471. The summed E-state index contributed by atoms with van der Waals surface area (Å²) in [5, 5.41) is 12.9. The SMILES string of the molecule is CC(O)C(C)Oc1cccc(CNC(C)(C)C)c1. The van der Waals surface area contributed by atoms with Gasteiger partial charge in [0.1, 0.15) is 11.9 Å². The lowest BCUT2D eigenvalue weighted by atomic mass is 10.1. The molecule has 0 saturated heterocycles. The van der Waals surface area contributed by atoms with E-state index in [0.717, 1.165) is 12.3 Å². The summed E-state index contributed by atoms with van der Waals surface area (Å²) in [5.74, 6) is 0.802. The van der Waals surface area contributed by atoms with Gasteiger partial charge in [-0.3, -0.25) is 0 Å². The second kappa shape index (κ2) is 6.21. The normalized spacial score (nSPS) is 15.2. The average molecular weight is 251 g/mol. The molecule has 2 atom stereocenters. The third-order valence-electron chi connectivity index (χ3n) is 2.72. The Balaban J connectivity index is 2.62. The quantitative estimate of drug-likeness (QED) is 0.845. The molecule has 0 fully saturated rings. The molecular formula is C15H25NO2. The van der Waals surface area contributed by atoms with Crippen molar-refractivity contribution in [2.24, 2.45) is 0 Å². The fraction of sp³-hybridized carbons (Fsp3) is 0.600. The molecular weight excluding hydrogens is 226 g/mol. The topological polar surface area (TPSA) is 41.5 Å². The van der Waals surface area contributed by atoms with Gasteiger partial charge in [0.05, 0.1) is 6.10 Å². The van der Waals surface area contributed by atoms with E-state index in [4.69, 9.17) is 4.74 Å². The molecule has 2 N–H and O–H groups in total. The Morgan fingerprint density at radius 3 is 2.50 bits per heavy atom. The van der Waals surface area contributed by atoms with Crippen molar-refractivity contribution in [3.63, 3.8) is 0 Å². The van der Waals surface area contributed by atoms with E-state index in [2.05, 4.69) is 32.2 Å². The molecule has 1 aromatic carbocycles. The van der Waals surface area contributed by atoms with Crippen LogP contribution in [-0.2, 0) is 6.54 Å². The van der Waals surface area contributed by atoms with Gasteiger partial charge in [-0.2, -0.15) is 0 Å². The fourth-order valence-corrected chi connectivity index (χ4v) is 1.41. The van der Waals surface area contributed by atoms with Gasteiger partial charge in [0.15, 0.2) is 0 Å². The minimum Gasteiger partial charge on any atom is -0.488 e. The fourth-order valence-electron chi connectivity index (χ4n) is 1.41. The molecule has 0 radical (unpaired) electrons. The van der Waals surface area contributed by atoms with Crippen molar-refractivity contribution >= 4 is 0 Å². The van der Waals surface area contributed by atoms with E-state index in [9.17, 15) is 5.11 Å². The number of hydrogen-bond acceptors (Lipinski definition) is 3. The second-order valence-electron chi connectivity index (χ2n) is 5.81. The van der Waals surface area contributed by atoms with Gasteiger partial charge in [-0.05, 0) is 52.3 Å². The van der Waals surface area contributed by atoms with Crippen molar-refractivity contribution in [3.05, 3.63) is 29.8 Å². The van der Waals surface area contributed by atoms with Crippen LogP contribution < -0.4 is 10.1 Å². The van der Waals surface area contributed by atoms with Crippen molar-refractivity contribution in [1.29, 1.82) is 0 Å². The molecule has 3 heteroatoms. The van der Waals surface area contributed by atoms with Crippen LogP contribution >= 0.6 is 0 Å². The van der Waals surface area contributed by atoms with E-state index in [1.807, 2.05) is 25.1 Å². The molecule has 0 aliphatic heterocycles. The number of benzene rings is 1. The summed E-state index contributed by atoms with van der Waals surface area (Å²) in [4.78, 5) is 0. The highest BCUT2D eigenvalue weighted by Crippen LogP contribution is 2.16. The Hall–Kier alpha value is -1.06. The third-order valence-corrected chi connectivity index (χ3v) is 2.72. The number of ether oxygens (including phenoxy) is 1. The van der Waals surface area contributed by atoms with Gasteiger partial charge >= 0.3 is 0 Å². The van der Waals surface area contributed by atoms with Crippen molar-refractivity contribution in [1.82, 2.24) is 5.32 Å². The summed E-state index contributed by atoms with van der Waals surface area (Å²) in [5.41, 5.74) is 1.28. The molecule has 0 bridgehead atoms. The van der Waals surface area contributed by atoms with Crippen LogP contribution in [0.1, 0.15) is 40.2 Å². The molecule has 0 aliphatic rings. The molecule has 18 heavy (non-hydrogen) atoms. The van der Waals surface area contributed by atoms with Gasteiger partial charge in [0.25, 0.3) is 0 Å². The molecule has 0 aromatic heterocycles. The first-order valence-electron chi connectivity index (χ1n) is 6.46. The van der Waals surface area contributed by atoms with E-state index in [1.54, 1.807) is 6.92 Å². The number of nitrogens with one attached hydrogen (secondary N) is 1. The van der Waals surface area contributed by atoms with Crippen LogP contribution in [0.2, 0.25) is 0 Å². The van der Waals surface area contributed by atoms with Crippen molar-refractivity contribution in [2.75, 3.05) is 0 Å². The van der Waals surface area contributed by atoms with E-state index >= 15 is 0 Å². The van der Waals surface area contributed by atoms with Gasteiger partial charge in [0.2, 0.25) is 0 Å². The molecule has 0 amide bonds. The summed E-state index contributed by atoms with van der Waals surface area (Å²) >= 11 is 0. The Labute approximate surface area is 110 Å². The molecule has 0 heterocycles. The zero-order valence-electron chi connectivity index (χ0n) is 12.0. The van der Waals surface area contributed by atoms with Gasteiger partial charge in [-0.1, -0.05) is 12.1 Å². The van der Waals surface area contributed by atoms with Crippen LogP contribution in [0.15, 0.2) is 24.3 Å². The molecule has 102 valence electrons. The standard InChI is InChI=1S/C15H25NO2/c1-11(17)12(2)18-14-8-6-7-13(9-14)10-16-15(3,4)5/h6-9,11-12,16-17H,10H2,1-5H3. The molecule has 1 rings (SSSR count). The van der Waals surface area contributed by atoms with E-state index < -0.39 is 6.10 Å². The summed E-state index contributed by atoms with van der Waals surface area (Å²) in [6.45, 7) is 10.8. The molecule has 0 spiro atoms. The highest BCUT2D eigenvalue weighted by atomic mass is 16.5.